The van der Waals surface area contributed by atoms with Crippen LogP contribution in [0.3, 0.4) is 0 Å². The first-order valence-corrected chi connectivity index (χ1v) is 5.85. The van der Waals surface area contributed by atoms with E-state index in [0.29, 0.717) is 11.6 Å². The molecule has 0 fully saturated rings. The van der Waals surface area contributed by atoms with Crippen LogP contribution in [0.25, 0.3) is 0 Å². The molecular formula is C12H18ClNO2. The first-order chi connectivity index (χ1) is 7.72. The highest BCUT2D eigenvalue weighted by molar-refractivity contribution is 6.31. The first-order valence-electron chi connectivity index (χ1n) is 5.48. The van der Waals surface area contributed by atoms with Crippen molar-refractivity contribution < 1.29 is 10.2 Å². The van der Waals surface area contributed by atoms with Gasteiger partial charge in [-0.15, -0.1) is 0 Å². The number of aliphatic hydroxyl groups excluding tert-OH is 2. The molecule has 0 amide bonds. The number of benzene rings is 1. The van der Waals surface area contributed by atoms with Crippen molar-refractivity contribution in [2.24, 2.45) is 0 Å². The lowest BCUT2D eigenvalue weighted by Gasteiger charge is -2.23. The lowest BCUT2D eigenvalue weighted by molar-refractivity contribution is 0.282. The Hall–Kier alpha value is -0.770. The van der Waals surface area contributed by atoms with Crippen molar-refractivity contribution in [3.8, 4) is 0 Å². The molecule has 0 atom stereocenters. The second-order valence-electron chi connectivity index (χ2n) is 3.64. The smallest absolute Gasteiger partial charge is 0.0696 e. The zero-order valence-electron chi connectivity index (χ0n) is 9.49. The van der Waals surface area contributed by atoms with Gasteiger partial charge in [0.15, 0.2) is 0 Å². The molecule has 1 aromatic rings. The van der Waals surface area contributed by atoms with Crippen LogP contribution in [0.2, 0.25) is 5.02 Å². The number of nitrogens with zero attached hydrogens (tertiary/aromatic N) is 1. The molecule has 0 aliphatic carbocycles. The van der Waals surface area contributed by atoms with Crippen molar-refractivity contribution in [3.05, 3.63) is 28.8 Å². The van der Waals surface area contributed by atoms with E-state index in [1.165, 1.54) is 0 Å². The summed E-state index contributed by atoms with van der Waals surface area (Å²) >= 11 is 6.02. The molecule has 90 valence electrons. The van der Waals surface area contributed by atoms with Crippen molar-refractivity contribution in [1.29, 1.82) is 0 Å². The molecule has 16 heavy (non-hydrogen) atoms. The maximum atomic E-state index is 9.02. The van der Waals surface area contributed by atoms with Gasteiger partial charge < -0.3 is 15.1 Å². The molecule has 0 aromatic heterocycles. The largest absolute Gasteiger partial charge is 0.395 e. The Morgan fingerprint density at radius 2 is 2.00 bits per heavy atom. The lowest BCUT2D eigenvalue weighted by Crippen LogP contribution is -2.27. The molecule has 0 radical (unpaired) electrons. The second-order valence-corrected chi connectivity index (χ2v) is 4.05. The third-order valence-electron chi connectivity index (χ3n) is 2.44. The summed E-state index contributed by atoms with van der Waals surface area (Å²) in [5, 5.41) is 18.6. The molecule has 0 unspecified atom stereocenters. The number of anilines is 1. The maximum absolute atomic E-state index is 9.02. The minimum absolute atomic E-state index is 0.0487. The third-order valence-corrected chi connectivity index (χ3v) is 2.79. The van der Waals surface area contributed by atoms with Crippen molar-refractivity contribution in [2.75, 3.05) is 24.6 Å². The predicted octanol–water partition coefficient (Wildman–Crippen LogP) is 2.04. The Morgan fingerprint density at radius 1 is 1.25 bits per heavy atom. The van der Waals surface area contributed by atoms with E-state index in [-0.39, 0.29) is 13.2 Å². The number of rotatable bonds is 6. The van der Waals surface area contributed by atoms with E-state index in [0.717, 1.165) is 24.2 Å². The molecule has 0 aliphatic heterocycles. The average molecular weight is 244 g/mol. The van der Waals surface area contributed by atoms with Crippen LogP contribution in [0.4, 0.5) is 5.69 Å². The summed E-state index contributed by atoms with van der Waals surface area (Å²) in [6, 6.07) is 5.57. The molecule has 1 rings (SSSR count). The van der Waals surface area contributed by atoms with E-state index >= 15 is 0 Å². The van der Waals surface area contributed by atoms with Gasteiger partial charge in [0.2, 0.25) is 0 Å². The van der Waals surface area contributed by atoms with Gasteiger partial charge in [-0.2, -0.15) is 0 Å². The Labute approximate surface area is 101 Å². The molecule has 0 saturated carbocycles. The van der Waals surface area contributed by atoms with Gasteiger partial charge >= 0.3 is 0 Å². The first kappa shape index (κ1) is 13.3. The summed E-state index contributed by atoms with van der Waals surface area (Å²) in [4.78, 5) is 2.08. The highest BCUT2D eigenvalue weighted by Gasteiger charge is 2.07. The Balaban J connectivity index is 2.87. The highest BCUT2D eigenvalue weighted by Crippen LogP contribution is 2.23. The molecule has 0 spiro atoms. The van der Waals surface area contributed by atoms with Gasteiger partial charge in [0.25, 0.3) is 0 Å². The van der Waals surface area contributed by atoms with Crippen LogP contribution >= 0.6 is 11.6 Å². The van der Waals surface area contributed by atoms with Crippen molar-refractivity contribution in [3.63, 3.8) is 0 Å². The molecule has 1 aromatic carbocycles. The highest BCUT2D eigenvalue weighted by atomic mass is 35.5. The Morgan fingerprint density at radius 3 is 2.50 bits per heavy atom. The van der Waals surface area contributed by atoms with E-state index < -0.39 is 0 Å². The fraction of sp³-hybridized carbons (Fsp3) is 0.500. The minimum atomic E-state index is -0.0487. The van der Waals surface area contributed by atoms with Gasteiger partial charge in [0.1, 0.15) is 0 Å². The van der Waals surface area contributed by atoms with Crippen LogP contribution in [0, 0.1) is 0 Å². The second kappa shape index (κ2) is 6.74. The number of hydrogen-bond donors (Lipinski definition) is 2. The third kappa shape index (κ3) is 3.37. The lowest BCUT2D eigenvalue weighted by atomic mass is 10.2. The van der Waals surface area contributed by atoms with Crippen molar-refractivity contribution in [2.45, 2.75) is 20.0 Å². The molecule has 2 N–H and O–H groups in total. The van der Waals surface area contributed by atoms with E-state index in [2.05, 4.69) is 11.8 Å². The molecule has 0 saturated heterocycles. The SMILES string of the molecule is CCCN(CCO)c1ccc(CO)c(Cl)c1. The van der Waals surface area contributed by atoms with Gasteiger partial charge in [0.05, 0.1) is 13.2 Å². The molecule has 0 aliphatic rings. The van der Waals surface area contributed by atoms with Gasteiger partial charge in [-0.1, -0.05) is 24.6 Å². The van der Waals surface area contributed by atoms with E-state index in [4.69, 9.17) is 21.8 Å². The Bertz CT molecular complexity index is 325. The van der Waals surface area contributed by atoms with Crippen molar-refractivity contribution >= 4 is 17.3 Å². The van der Waals surface area contributed by atoms with E-state index in [9.17, 15) is 0 Å². The zero-order chi connectivity index (χ0) is 12.0. The fourth-order valence-corrected chi connectivity index (χ4v) is 1.86. The molecule has 0 bridgehead atoms. The molecule has 3 nitrogen and oxygen atoms in total. The predicted molar refractivity (Wildman–Crippen MR) is 67.0 cm³/mol. The molecule has 4 heteroatoms. The summed E-state index contributed by atoms with van der Waals surface area (Å²) in [5.74, 6) is 0. The van der Waals surface area contributed by atoms with Crippen LogP contribution in [0.5, 0.6) is 0 Å². The van der Waals surface area contributed by atoms with Gasteiger partial charge in [-0.25, -0.2) is 0 Å². The fourth-order valence-electron chi connectivity index (χ4n) is 1.62. The van der Waals surface area contributed by atoms with Crippen LogP contribution in [0.15, 0.2) is 18.2 Å². The normalized spacial score (nSPS) is 10.5. The number of aliphatic hydroxyl groups is 2. The van der Waals surface area contributed by atoms with E-state index in [1.807, 2.05) is 18.2 Å². The molecular weight excluding hydrogens is 226 g/mol. The van der Waals surface area contributed by atoms with Crippen LogP contribution in [0.1, 0.15) is 18.9 Å². The minimum Gasteiger partial charge on any atom is -0.395 e. The summed E-state index contributed by atoms with van der Waals surface area (Å²) < 4.78 is 0. The topological polar surface area (TPSA) is 43.7 Å². The van der Waals surface area contributed by atoms with Crippen molar-refractivity contribution in [1.82, 2.24) is 0 Å². The van der Waals surface area contributed by atoms with Gasteiger partial charge in [-0.3, -0.25) is 0 Å². The number of halogens is 1. The van der Waals surface area contributed by atoms with Crippen LogP contribution < -0.4 is 4.90 Å². The molecule has 0 heterocycles. The Kier molecular flexibility index (Phi) is 5.60. The summed E-state index contributed by atoms with van der Waals surface area (Å²) in [7, 11) is 0. The van der Waals surface area contributed by atoms with E-state index in [1.54, 1.807) is 0 Å². The quantitative estimate of drug-likeness (QED) is 0.804. The monoisotopic (exact) mass is 243 g/mol. The number of hydrogen-bond acceptors (Lipinski definition) is 3. The zero-order valence-corrected chi connectivity index (χ0v) is 10.2. The summed E-state index contributed by atoms with van der Waals surface area (Å²) in [5.41, 5.74) is 1.71. The standard InChI is InChI=1S/C12H18ClNO2/c1-2-5-14(6-7-15)11-4-3-10(9-16)12(13)8-11/h3-4,8,15-16H,2,5-7,9H2,1H3. The van der Waals surface area contributed by atoms with Crippen LogP contribution in [-0.2, 0) is 6.61 Å². The van der Waals surface area contributed by atoms with Crippen LogP contribution in [-0.4, -0.2) is 29.9 Å². The summed E-state index contributed by atoms with van der Waals surface area (Å²) in [6.07, 6.45) is 1.01. The summed E-state index contributed by atoms with van der Waals surface area (Å²) in [6.45, 7) is 3.65. The van der Waals surface area contributed by atoms with Gasteiger partial charge in [0, 0.05) is 23.8 Å². The average Bonchev–Trinajstić information content (AvgIpc) is 2.28. The van der Waals surface area contributed by atoms with Gasteiger partial charge in [-0.05, 0) is 24.1 Å². The maximum Gasteiger partial charge on any atom is 0.0696 e.